The highest BCUT2D eigenvalue weighted by atomic mass is 16.5. The molecule has 26 heavy (non-hydrogen) atoms. The van der Waals surface area contributed by atoms with Crippen molar-refractivity contribution in [1.29, 1.82) is 0 Å². The predicted octanol–water partition coefficient (Wildman–Crippen LogP) is 1.43. The Morgan fingerprint density at radius 2 is 2.23 bits per heavy atom. The Morgan fingerprint density at radius 1 is 1.38 bits per heavy atom. The van der Waals surface area contributed by atoms with E-state index in [0.29, 0.717) is 42.5 Å². The third-order valence-electron chi connectivity index (χ3n) is 5.16. The number of aryl methyl sites for hydroxylation is 2. The Morgan fingerprint density at radius 3 is 2.92 bits per heavy atom. The minimum atomic E-state index is -0.401. The van der Waals surface area contributed by atoms with Crippen LogP contribution in [0.5, 0.6) is 0 Å². The molecule has 1 N–H and O–H groups in total. The molecule has 2 amide bonds. The smallest absolute Gasteiger partial charge is 0.259 e. The van der Waals surface area contributed by atoms with Crippen molar-refractivity contribution in [2.75, 3.05) is 13.2 Å². The van der Waals surface area contributed by atoms with Crippen molar-refractivity contribution in [1.82, 2.24) is 15.4 Å². The molecule has 2 aliphatic heterocycles. The van der Waals surface area contributed by atoms with Crippen molar-refractivity contribution in [2.24, 2.45) is 5.92 Å². The van der Waals surface area contributed by atoms with E-state index in [1.807, 2.05) is 0 Å². The second kappa shape index (κ2) is 6.60. The monoisotopic (exact) mass is 359 g/mol. The van der Waals surface area contributed by atoms with E-state index in [-0.39, 0.29) is 24.0 Å². The maximum atomic E-state index is 13.0. The maximum Gasteiger partial charge on any atom is 0.259 e. The lowest BCUT2D eigenvalue weighted by Gasteiger charge is -2.22. The Hall–Kier alpha value is -2.61. The number of likely N-dealkylation sites (tertiary alicyclic amines) is 1. The standard InChI is InChI=1S/C18H21N3O5/c1-10-15(11(2)26-20-10)18(23)21-9-13(16-14(21)5-7-25-16)17(22)19-8-12-4-3-6-24-12/h3-4,6,13-14,16H,5,7-9H2,1-2H3,(H,19,22)/t13-,14+,16+/m0/s1. The molecule has 3 atom stereocenters. The lowest BCUT2D eigenvalue weighted by Crippen LogP contribution is -2.37. The van der Waals surface area contributed by atoms with Gasteiger partial charge in [0.1, 0.15) is 17.1 Å². The van der Waals surface area contributed by atoms with Gasteiger partial charge < -0.3 is 23.9 Å². The van der Waals surface area contributed by atoms with E-state index in [0.717, 1.165) is 6.42 Å². The van der Waals surface area contributed by atoms with Crippen LogP contribution in [0.25, 0.3) is 0 Å². The van der Waals surface area contributed by atoms with Crippen LogP contribution in [0.1, 0.15) is 34.0 Å². The molecule has 2 aromatic heterocycles. The normalized spacial score (nSPS) is 24.7. The number of nitrogens with zero attached hydrogens (tertiary/aromatic N) is 2. The molecular weight excluding hydrogens is 338 g/mol. The van der Waals surface area contributed by atoms with Gasteiger partial charge in [-0.25, -0.2) is 0 Å². The summed E-state index contributed by atoms with van der Waals surface area (Å²) in [5.41, 5.74) is 1.04. The van der Waals surface area contributed by atoms with Gasteiger partial charge in [0.25, 0.3) is 5.91 Å². The first kappa shape index (κ1) is 16.8. The van der Waals surface area contributed by atoms with E-state index in [9.17, 15) is 9.59 Å². The van der Waals surface area contributed by atoms with Crippen molar-refractivity contribution < 1.29 is 23.3 Å². The fourth-order valence-electron chi connectivity index (χ4n) is 3.88. The quantitative estimate of drug-likeness (QED) is 0.887. The molecule has 2 aliphatic rings. The van der Waals surface area contributed by atoms with Gasteiger partial charge in [0, 0.05) is 13.2 Å². The highest BCUT2D eigenvalue weighted by Gasteiger charge is 2.51. The molecule has 2 fully saturated rings. The van der Waals surface area contributed by atoms with Crippen LogP contribution in [0.4, 0.5) is 0 Å². The summed E-state index contributed by atoms with van der Waals surface area (Å²) < 4.78 is 16.2. The number of nitrogens with one attached hydrogen (secondary N) is 1. The fraction of sp³-hybridized carbons (Fsp3) is 0.500. The number of rotatable bonds is 4. The zero-order valence-electron chi connectivity index (χ0n) is 14.7. The van der Waals surface area contributed by atoms with E-state index in [4.69, 9.17) is 13.7 Å². The summed E-state index contributed by atoms with van der Waals surface area (Å²) >= 11 is 0. The summed E-state index contributed by atoms with van der Waals surface area (Å²) in [6.45, 7) is 4.65. The van der Waals surface area contributed by atoms with Crippen molar-refractivity contribution in [2.45, 2.75) is 39.0 Å². The highest BCUT2D eigenvalue weighted by molar-refractivity contribution is 5.97. The van der Waals surface area contributed by atoms with Crippen molar-refractivity contribution in [3.63, 3.8) is 0 Å². The van der Waals surface area contributed by atoms with Crippen LogP contribution in [0.15, 0.2) is 27.3 Å². The Bertz CT molecular complexity index is 793. The molecule has 0 saturated carbocycles. The highest BCUT2D eigenvalue weighted by Crippen LogP contribution is 2.35. The summed E-state index contributed by atoms with van der Waals surface area (Å²) in [6, 6.07) is 3.48. The molecule has 0 unspecified atom stereocenters. The number of fused-ring (bicyclic) bond motifs is 1. The number of aromatic nitrogens is 1. The van der Waals surface area contributed by atoms with Gasteiger partial charge in [-0.3, -0.25) is 9.59 Å². The van der Waals surface area contributed by atoms with Crippen LogP contribution in [0.2, 0.25) is 0 Å². The number of furan rings is 1. The van der Waals surface area contributed by atoms with Crippen molar-refractivity contribution in [3.05, 3.63) is 41.2 Å². The Labute approximate surface area is 150 Å². The number of ether oxygens (including phenoxy) is 1. The molecule has 4 rings (SSSR count). The van der Waals surface area contributed by atoms with Crippen LogP contribution >= 0.6 is 0 Å². The number of carbonyl (C=O) groups is 2. The molecule has 4 heterocycles. The molecular formula is C18H21N3O5. The van der Waals surface area contributed by atoms with E-state index in [1.165, 1.54) is 0 Å². The van der Waals surface area contributed by atoms with Crippen molar-refractivity contribution >= 4 is 11.8 Å². The molecule has 0 aromatic carbocycles. The molecule has 8 heteroatoms. The second-order valence-electron chi connectivity index (χ2n) is 6.75. The van der Waals surface area contributed by atoms with Crippen LogP contribution in [-0.4, -0.2) is 47.2 Å². The number of hydrogen-bond acceptors (Lipinski definition) is 6. The van der Waals surface area contributed by atoms with Gasteiger partial charge in [-0.1, -0.05) is 5.16 Å². The summed E-state index contributed by atoms with van der Waals surface area (Å²) in [4.78, 5) is 27.4. The topological polar surface area (TPSA) is 97.8 Å². The average Bonchev–Trinajstić information content (AvgIpc) is 3.37. The Kier molecular flexibility index (Phi) is 4.28. The summed E-state index contributed by atoms with van der Waals surface area (Å²) in [5, 5.41) is 6.74. The first-order valence-corrected chi connectivity index (χ1v) is 8.72. The minimum absolute atomic E-state index is 0.101. The van der Waals surface area contributed by atoms with Crippen LogP contribution in [0.3, 0.4) is 0 Å². The second-order valence-corrected chi connectivity index (χ2v) is 6.75. The third-order valence-corrected chi connectivity index (χ3v) is 5.16. The summed E-state index contributed by atoms with van der Waals surface area (Å²) in [7, 11) is 0. The molecule has 8 nitrogen and oxygen atoms in total. The molecule has 2 saturated heterocycles. The van der Waals surface area contributed by atoms with E-state index >= 15 is 0 Å². The third kappa shape index (κ3) is 2.80. The van der Waals surface area contributed by atoms with E-state index in [2.05, 4.69) is 10.5 Å². The number of amides is 2. The van der Waals surface area contributed by atoms with Crippen LogP contribution < -0.4 is 5.32 Å². The first-order chi connectivity index (χ1) is 12.6. The largest absolute Gasteiger partial charge is 0.467 e. The zero-order chi connectivity index (χ0) is 18.3. The van der Waals surface area contributed by atoms with Crippen molar-refractivity contribution in [3.8, 4) is 0 Å². The molecule has 0 spiro atoms. The minimum Gasteiger partial charge on any atom is -0.467 e. The van der Waals surface area contributed by atoms with Crippen LogP contribution in [-0.2, 0) is 16.1 Å². The molecule has 0 aliphatic carbocycles. The average molecular weight is 359 g/mol. The van der Waals surface area contributed by atoms with E-state index in [1.54, 1.807) is 37.1 Å². The first-order valence-electron chi connectivity index (χ1n) is 8.72. The molecule has 0 bridgehead atoms. The van der Waals surface area contributed by atoms with Gasteiger partial charge in [0.2, 0.25) is 5.91 Å². The maximum absolute atomic E-state index is 13.0. The summed E-state index contributed by atoms with van der Waals surface area (Å²) in [6.07, 6.45) is 2.01. The van der Waals surface area contributed by atoms with E-state index < -0.39 is 5.92 Å². The predicted molar refractivity (Wildman–Crippen MR) is 89.2 cm³/mol. The van der Waals surface area contributed by atoms with Gasteiger partial charge in [-0.05, 0) is 32.4 Å². The molecule has 138 valence electrons. The summed E-state index contributed by atoms with van der Waals surface area (Å²) in [5.74, 6) is 0.495. The molecule has 0 radical (unpaired) electrons. The molecule has 2 aromatic rings. The van der Waals surface area contributed by atoms with Crippen LogP contribution in [0, 0.1) is 19.8 Å². The van der Waals surface area contributed by atoms with Gasteiger partial charge >= 0.3 is 0 Å². The number of carbonyl (C=O) groups excluding carboxylic acids is 2. The fourth-order valence-corrected chi connectivity index (χ4v) is 3.88. The van der Waals surface area contributed by atoms with Gasteiger partial charge in [0.05, 0.1) is 36.6 Å². The lowest BCUT2D eigenvalue weighted by molar-refractivity contribution is -0.127. The van der Waals surface area contributed by atoms with Gasteiger partial charge in [0.15, 0.2) is 0 Å². The van der Waals surface area contributed by atoms with Gasteiger partial charge in [-0.2, -0.15) is 0 Å². The lowest BCUT2D eigenvalue weighted by atomic mass is 10.0. The van der Waals surface area contributed by atoms with Gasteiger partial charge in [-0.15, -0.1) is 0 Å². The Balaban J connectivity index is 1.50. The zero-order valence-corrected chi connectivity index (χ0v) is 14.7. The number of hydrogen-bond donors (Lipinski definition) is 1. The SMILES string of the molecule is Cc1noc(C)c1C(=O)N1C[C@H](C(=O)NCc2ccco2)[C@H]2OCC[C@H]21.